The van der Waals surface area contributed by atoms with Gasteiger partial charge in [-0.05, 0) is 37.6 Å². The van der Waals surface area contributed by atoms with Gasteiger partial charge in [0.25, 0.3) is 0 Å². The molecular weight excluding hydrogens is 269 g/mol. The van der Waals surface area contributed by atoms with E-state index in [-0.39, 0.29) is 16.5 Å². The van der Waals surface area contributed by atoms with Crippen molar-refractivity contribution in [2.24, 2.45) is 0 Å². The SMILES string of the molecule is N#Cc1cc(S(=O)(=O)N[C@H]2CCCNC2)ccc1F. The summed E-state index contributed by atoms with van der Waals surface area (Å²) < 4.78 is 39.9. The van der Waals surface area contributed by atoms with Crippen molar-refractivity contribution < 1.29 is 12.8 Å². The van der Waals surface area contributed by atoms with Crippen LogP contribution in [-0.4, -0.2) is 27.5 Å². The van der Waals surface area contributed by atoms with Gasteiger partial charge in [0, 0.05) is 12.6 Å². The number of piperidine rings is 1. The molecule has 0 bridgehead atoms. The van der Waals surface area contributed by atoms with E-state index in [1.54, 1.807) is 6.07 Å². The van der Waals surface area contributed by atoms with Crippen LogP contribution in [0.2, 0.25) is 0 Å². The summed E-state index contributed by atoms with van der Waals surface area (Å²) in [6.45, 7) is 1.46. The van der Waals surface area contributed by atoms with Gasteiger partial charge < -0.3 is 5.32 Å². The molecule has 1 aliphatic rings. The second-order valence-electron chi connectivity index (χ2n) is 4.42. The topological polar surface area (TPSA) is 82.0 Å². The van der Waals surface area contributed by atoms with E-state index in [2.05, 4.69) is 10.0 Å². The van der Waals surface area contributed by atoms with Crippen LogP contribution in [0.4, 0.5) is 4.39 Å². The Morgan fingerprint density at radius 2 is 2.26 bits per heavy atom. The zero-order valence-corrected chi connectivity index (χ0v) is 11.0. The molecule has 0 aliphatic carbocycles. The molecular formula is C12H14FN3O2S. The number of nitrogens with one attached hydrogen (secondary N) is 2. The fourth-order valence-corrected chi connectivity index (χ4v) is 3.29. The Morgan fingerprint density at radius 1 is 1.47 bits per heavy atom. The quantitative estimate of drug-likeness (QED) is 0.856. The Labute approximate surface area is 111 Å². The lowest BCUT2D eigenvalue weighted by molar-refractivity contribution is 0.428. The van der Waals surface area contributed by atoms with Crippen LogP contribution >= 0.6 is 0 Å². The molecule has 1 heterocycles. The number of hydrogen-bond acceptors (Lipinski definition) is 4. The maximum atomic E-state index is 13.2. The van der Waals surface area contributed by atoms with Crippen molar-refractivity contribution in [1.82, 2.24) is 10.0 Å². The molecule has 2 N–H and O–H groups in total. The van der Waals surface area contributed by atoms with Crippen LogP contribution in [-0.2, 0) is 10.0 Å². The highest BCUT2D eigenvalue weighted by Crippen LogP contribution is 2.15. The molecule has 1 aromatic carbocycles. The van der Waals surface area contributed by atoms with E-state index in [9.17, 15) is 12.8 Å². The van der Waals surface area contributed by atoms with Crippen molar-refractivity contribution in [3.05, 3.63) is 29.6 Å². The van der Waals surface area contributed by atoms with E-state index in [1.807, 2.05) is 0 Å². The highest BCUT2D eigenvalue weighted by atomic mass is 32.2. The second-order valence-corrected chi connectivity index (χ2v) is 6.13. The summed E-state index contributed by atoms with van der Waals surface area (Å²) in [6, 6.07) is 4.66. The number of rotatable bonds is 3. The summed E-state index contributed by atoms with van der Waals surface area (Å²) in [5, 5.41) is 11.8. The van der Waals surface area contributed by atoms with E-state index in [4.69, 9.17) is 5.26 Å². The summed E-state index contributed by atoms with van der Waals surface area (Å²) in [7, 11) is -3.72. The first-order valence-corrected chi connectivity index (χ1v) is 7.44. The van der Waals surface area contributed by atoms with Gasteiger partial charge in [0.05, 0.1) is 10.5 Å². The van der Waals surface area contributed by atoms with Gasteiger partial charge in [-0.15, -0.1) is 0 Å². The average molecular weight is 283 g/mol. The molecule has 0 spiro atoms. The molecule has 1 atom stereocenters. The van der Waals surface area contributed by atoms with Crippen LogP contribution in [0.15, 0.2) is 23.1 Å². The van der Waals surface area contributed by atoms with Gasteiger partial charge in [-0.1, -0.05) is 0 Å². The van der Waals surface area contributed by atoms with Crippen LogP contribution in [0.5, 0.6) is 0 Å². The molecule has 7 heteroatoms. The highest BCUT2D eigenvalue weighted by molar-refractivity contribution is 7.89. The lowest BCUT2D eigenvalue weighted by Crippen LogP contribution is -2.45. The fraction of sp³-hybridized carbons (Fsp3) is 0.417. The third-order valence-corrected chi connectivity index (χ3v) is 4.51. The first-order valence-electron chi connectivity index (χ1n) is 5.95. The molecule has 1 fully saturated rings. The van der Waals surface area contributed by atoms with Crippen LogP contribution in [0.25, 0.3) is 0 Å². The number of halogens is 1. The zero-order valence-electron chi connectivity index (χ0n) is 10.2. The summed E-state index contributed by atoms with van der Waals surface area (Å²) in [5.74, 6) is -0.721. The molecule has 0 aromatic heterocycles. The Balaban J connectivity index is 2.21. The lowest BCUT2D eigenvalue weighted by Gasteiger charge is -2.23. The number of hydrogen-bond donors (Lipinski definition) is 2. The van der Waals surface area contributed by atoms with Crippen molar-refractivity contribution in [1.29, 1.82) is 5.26 Å². The molecule has 2 rings (SSSR count). The van der Waals surface area contributed by atoms with Gasteiger partial charge in [0.1, 0.15) is 11.9 Å². The van der Waals surface area contributed by atoms with Gasteiger partial charge in [-0.2, -0.15) is 5.26 Å². The van der Waals surface area contributed by atoms with Gasteiger partial charge in [-0.3, -0.25) is 0 Å². The van der Waals surface area contributed by atoms with Crippen LogP contribution in [0.3, 0.4) is 0 Å². The Kier molecular flexibility index (Phi) is 4.14. The summed E-state index contributed by atoms with van der Waals surface area (Å²) >= 11 is 0. The zero-order chi connectivity index (χ0) is 13.9. The molecule has 0 saturated carbocycles. The predicted molar refractivity (Wildman–Crippen MR) is 67.3 cm³/mol. The minimum atomic E-state index is -3.72. The maximum absolute atomic E-state index is 13.2. The average Bonchev–Trinajstić information content (AvgIpc) is 2.39. The summed E-state index contributed by atoms with van der Waals surface area (Å²) in [6.07, 6.45) is 1.67. The molecule has 0 unspecified atom stereocenters. The first kappa shape index (κ1) is 13.9. The van der Waals surface area contributed by atoms with Crippen molar-refractivity contribution in [2.75, 3.05) is 13.1 Å². The van der Waals surface area contributed by atoms with E-state index in [0.717, 1.165) is 37.6 Å². The van der Waals surface area contributed by atoms with Crippen molar-refractivity contribution in [2.45, 2.75) is 23.8 Å². The molecule has 1 aromatic rings. The van der Waals surface area contributed by atoms with E-state index in [1.165, 1.54) is 0 Å². The minimum Gasteiger partial charge on any atom is -0.315 e. The lowest BCUT2D eigenvalue weighted by atomic mass is 10.1. The fourth-order valence-electron chi connectivity index (χ4n) is 2.00. The smallest absolute Gasteiger partial charge is 0.240 e. The third-order valence-electron chi connectivity index (χ3n) is 2.99. The largest absolute Gasteiger partial charge is 0.315 e. The molecule has 19 heavy (non-hydrogen) atoms. The Morgan fingerprint density at radius 3 is 2.89 bits per heavy atom. The molecule has 1 aliphatic heterocycles. The standard InChI is InChI=1S/C12H14FN3O2S/c13-12-4-3-11(6-9(12)7-14)19(17,18)16-10-2-1-5-15-8-10/h3-4,6,10,15-16H,1-2,5,8H2/t10-/m0/s1. The van der Waals surface area contributed by atoms with E-state index >= 15 is 0 Å². The molecule has 0 amide bonds. The van der Waals surface area contributed by atoms with Crippen LogP contribution in [0, 0.1) is 17.1 Å². The maximum Gasteiger partial charge on any atom is 0.240 e. The van der Waals surface area contributed by atoms with Gasteiger partial charge in [0.15, 0.2) is 0 Å². The van der Waals surface area contributed by atoms with E-state index in [0.29, 0.717) is 6.54 Å². The summed E-state index contributed by atoms with van der Waals surface area (Å²) in [5.41, 5.74) is -0.273. The van der Waals surface area contributed by atoms with Gasteiger partial charge in [-0.25, -0.2) is 17.5 Å². The normalized spacial score (nSPS) is 19.9. The Hall–Kier alpha value is -1.49. The molecule has 5 nitrogen and oxygen atoms in total. The minimum absolute atomic E-state index is 0.0870. The van der Waals surface area contributed by atoms with Crippen molar-refractivity contribution >= 4 is 10.0 Å². The monoisotopic (exact) mass is 283 g/mol. The number of sulfonamides is 1. The third kappa shape index (κ3) is 3.29. The predicted octanol–water partition coefficient (Wildman–Crippen LogP) is 0.728. The van der Waals surface area contributed by atoms with Gasteiger partial charge >= 0.3 is 0 Å². The molecule has 0 radical (unpaired) electrons. The van der Waals surface area contributed by atoms with Gasteiger partial charge in [0.2, 0.25) is 10.0 Å². The van der Waals surface area contributed by atoms with Crippen LogP contribution in [0.1, 0.15) is 18.4 Å². The molecule has 1 saturated heterocycles. The van der Waals surface area contributed by atoms with Crippen LogP contribution < -0.4 is 10.0 Å². The number of nitriles is 1. The number of benzene rings is 1. The second kappa shape index (κ2) is 5.65. The Bertz CT molecular complexity index is 604. The summed E-state index contributed by atoms with van der Waals surface area (Å²) in [4.78, 5) is -0.0870. The van der Waals surface area contributed by atoms with E-state index < -0.39 is 15.8 Å². The first-order chi connectivity index (χ1) is 9.03. The number of nitrogens with zero attached hydrogens (tertiary/aromatic N) is 1. The van der Waals surface area contributed by atoms with Crippen molar-refractivity contribution in [3.63, 3.8) is 0 Å². The highest BCUT2D eigenvalue weighted by Gasteiger charge is 2.22. The van der Waals surface area contributed by atoms with Crippen molar-refractivity contribution in [3.8, 4) is 6.07 Å². The molecule has 102 valence electrons.